The van der Waals surface area contributed by atoms with E-state index in [1.165, 1.54) is 17.1 Å². The number of rotatable bonds is 4. The number of aromatic nitrogens is 1. The molecule has 12 heavy (non-hydrogen) atoms. The summed E-state index contributed by atoms with van der Waals surface area (Å²) in [4.78, 5) is 0. The first-order chi connectivity index (χ1) is 5.64. The summed E-state index contributed by atoms with van der Waals surface area (Å²) in [6.45, 7) is 1.79. The van der Waals surface area contributed by atoms with Gasteiger partial charge in [-0.15, -0.1) is 0 Å². The molecule has 0 unspecified atom stereocenters. The van der Waals surface area contributed by atoms with Gasteiger partial charge in [0.15, 0.2) is 0 Å². The van der Waals surface area contributed by atoms with E-state index in [9.17, 15) is 8.42 Å². The zero-order valence-electron chi connectivity index (χ0n) is 6.80. The van der Waals surface area contributed by atoms with Crippen LogP contribution in [0.4, 0.5) is 0 Å². The van der Waals surface area contributed by atoms with E-state index in [4.69, 9.17) is 0 Å². The Balaban J connectivity index is 2.63. The van der Waals surface area contributed by atoms with E-state index < -0.39 is 10.1 Å². The van der Waals surface area contributed by atoms with Crippen LogP contribution in [0.3, 0.4) is 0 Å². The molecule has 0 radical (unpaired) electrons. The highest BCUT2D eigenvalue weighted by molar-refractivity contribution is 7.86. The average Bonchev–Trinajstić information content (AvgIpc) is 2.38. The lowest BCUT2D eigenvalue weighted by molar-refractivity contribution is 0.280. The fourth-order valence-electron chi connectivity index (χ4n) is 0.787. The molecule has 0 aromatic carbocycles. The Morgan fingerprint density at radius 2 is 1.92 bits per heavy atom. The molecular weight excluding hydrogens is 178 g/mol. The SMILES string of the molecule is CCCS(=O)(=O)On1cccc1. The van der Waals surface area contributed by atoms with Gasteiger partial charge in [-0.3, -0.25) is 4.28 Å². The minimum Gasteiger partial charge on any atom is -0.288 e. The maximum atomic E-state index is 11.1. The molecule has 0 aliphatic carbocycles. The third kappa shape index (κ3) is 2.58. The number of nitrogens with zero attached hydrogens (tertiary/aromatic N) is 1. The molecule has 5 heteroatoms. The summed E-state index contributed by atoms with van der Waals surface area (Å²) < 4.78 is 28.0. The van der Waals surface area contributed by atoms with E-state index in [0.29, 0.717) is 6.42 Å². The molecule has 68 valence electrons. The molecule has 0 aliphatic rings. The minimum atomic E-state index is -3.39. The molecule has 1 heterocycles. The largest absolute Gasteiger partial charge is 0.327 e. The molecule has 1 aromatic rings. The Morgan fingerprint density at radius 1 is 1.33 bits per heavy atom. The van der Waals surface area contributed by atoms with Crippen LogP contribution >= 0.6 is 0 Å². The van der Waals surface area contributed by atoms with Crippen molar-refractivity contribution in [3.05, 3.63) is 24.5 Å². The third-order valence-corrected chi connectivity index (χ3v) is 2.54. The van der Waals surface area contributed by atoms with Crippen molar-refractivity contribution < 1.29 is 12.7 Å². The van der Waals surface area contributed by atoms with Crippen molar-refractivity contribution in [3.8, 4) is 0 Å². The molecule has 4 nitrogen and oxygen atoms in total. The summed E-state index contributed by atoms with van der Waals surface area (Å²) in [5.41, 5.74) is 0. The smallest absolute Gasteiger partial charge is 0.288 e. The quantitative estimate of drug-likeness (QED) is 0.699. The Kier molecular flexibility index (Phi) is 2.75. The number of hydrogen-bond donors (Lipinski definition) is 0. The van der Waals surface area contributed by atoms with Gasteiger partial charge in [-0.25, -0.2) is 0 Å². The lowest BCUT2D eigenvalue weighted by Crippen LogP contribution is -2.21. The van der Waals surface area contributed by atoms with Gasteiger partial charge in [0.05, 0.1) is 5.75 Å². The number of hydrogen-bond acceptors (Lipinski definition) is 3. The van der Waals surface area contributed by atoms with Crippen LogP contribution in [0, 0.1) is 0 Å². The predicted octanol–water partition coefficient (Wildman–Crippen LogP) is 0.656. The first-order valence-corrected chi connectivity index (χ1v) is 5.27. The van der Waals surface area contributed by atoms with Crippen LogP contribution in [0.2, 0.25) is 0 Å². The van der Waals surface area contributed by atoms with E-state index in [1.807, 2.05) is 0 Å². The molecule has 0 bridgehead atoms. The van der Waals surface area contributed by atoms with E-state index >= 15 is 0 Å². The monoisotopic (exact) mass is 189 g/mol. The molecule has 0 saturated heterocycles. The van der Waals surface area contributed by atoms with Crippen LogP contribution in [0.15, 0.2) is 24.5 Å². The van der Waals surface area contributed by atoms with Crippen molar-refractivity contribution in [1.82, 2.24) is 4.73 Å². The predicted molar refractivity (Wildman–Crippen MR) is 45.1 cm³/mol. The van der Waals surface area contributed by atoms with Crippen molar-refractivity contribution in [2.45, 2.75) is 13.3 Å². The Morgan fingerprint density at radius 3 is 2.42 bits per heavy atom. The second-order valence-corrected chi connectivity index (χ2v) is 4.05. The van der Waals surface area contributed by atoms with Crippen LogP contribution < -0.4 is 4.28 Å². The first kappa shape index (κ1) is 9.12. The molecule has 0 spiro atoms. The summed E-state index contributed by atoms with van der Waals surface area (Å²) in [6, 6.07) is 3.39. The van der Waals surface area contributed by atoms with Crippen molar-refractivity contribution in [2.75, 3.05) is 5.75 Å². The first-order valence-electron chi connectivity index (χ1n) is 3.69. The van der Waals surface area contributed by atoms with Gasteiger partial charge in [0.1, 0.15) is 0 Å². The third-order valence-electron chi connectivity index (χ3n) is 1.23. The fraction of sp³-hybridized carbons (Fsp3) is 0.429. The zero-order valence-corrected chi connectivity index (χ0v) is 7.62. The summed E-state index contributed by atoms with van der Waals surface area (Å²) in [7, 11) is -3.39. The highest BCUT2D eigenvalue weighted by Gasteiger charge is 2.09. The highest BCUT2D eigenvalue weighted by atomic mass is 32.2. The van der Waals surface area contributed by atoms with E-state index in [2.05, 4.69) is 4.28 Å². The van der Waals surface area contributed by atoms with Gasteiger partial charge in [-0.2, -0.15) is 13.1 Å². The van der Waals surface area contributed by atoms with Crippen molar-refractivity contribution in [1.29, 1.82) is 0 Å². The molecule has 0 N–H and O–H groups in total. The maximum absolute atomic E-state index is 11.1. The van der Waals surface area contributed by atoms with Crippen molar-refractivity contribution in [2.24, 2.45) is 0 Å². The van der Waals surface area contributed by atoms with Gasteiger partial charge in [0.2, 0.25) is 0 Å². The molecular formula is C7H11NO3S. The molecule has 1 aromatic heterocycles. The summed E-state index contributed by atoms with van der Waals surface area (Å²) in [5, 5.41) is 0. The molecule has 0 saturated carbocycles. The second-order valence-electron chi connectivity index (χ2n) is 2.38. The zero-order chi connectivity index (χ0) is 9.03. The van der Waals surface area contributed by atoms with Crippen LogP contribution in [0.1, 0.15) is 13.3 Å². The Bertz CT molecular complexity index is 314. The fourth-order valence-corrected chi connectivity index (χ4v) is 1.72. The summed E-state index contributed by atoms with van der Waals surface area (Å²) >= 11 is 0. The van der Waals surface area contributed by atoms with E-state index in [1.54, 1.807) is 19.1 Å². The average molecular weight is 189 g/mol. The normalized spacial score (nSPS) is 11.4. The van der Waals surface area contributed by atoms with Gasteiger partial charge in [0, 0.05) is 12.4 Å². The van der Waals surface area contributed by atoms with Crippen LogP contribution in [-0.4, -0.2) is 18.9 Å². The minimum absolute atomic E-state index is 0.0468. The molecule has 0 fully saturated rings. The van der Waals surface area contributed by atoms with Gasteiger partial charge in [-0.05, 0) is 18.6 Å². The van der Waals surface area contributed by atoms with Crippen LogP contribution in [-0.2, 0) is 10.1 Å². The summed E-state index contributed by atoms with van der Waals surface area (Å²) in [6.07, 6.45) is 3.63. The van der Waals surface area contributed by atoms with E-state index in [-0.39, 0.29) is 5.75 Å². The Labute approximate surface area is 71.8 Å². The highest BCUT2D eigenvalue weighted by Crippen LogP contribution is 1.94. The van der Waals surface area contributed by atoms with Gasteiger partial charge in [-0.1, -0.05) is 6.92 Å². The van der Waals surface area contributed by atoms with E-state index in [0.717, 1.165) is 0 Å². The second kappa shape index (κ2) is 3.62. The van der Waals surface area contributed by atoms with Crippen molar-refractivity contribution in [3.63, 3.8) is 0 Å². The lowest BCUT2D eigenvalue weighted by Gasteiger charge is -2.04. The van der Waals surface area contributed by atoms with Crippen LogP contribution in [0.5, 0.6) is 0 Å². The van der Waals surface area contributed by atoms with Crippen LogP contribution in [0.25, 0.3) is 0 Å². The molecule has 0 aliphatic heterocycles. The molecule has 0 atom stereocenters. The summed E-state index contributed by atoms with van der Waals surface area (Å²) in [5.74, 6) is 0.0468. The van der Waals surface area contributed by atoms with Gasteiger partial charge in [0.25, 0.3) is 0 Å². The Hall–Kier alpha value is -0.970. The molecule has 1 rings (SSSR count). The van der Waals surface area contributed by atoms with Gasteiger partial charge < -0.3 is 0 Å². The lowest BCUT2D eigenvalue weighted by atomic mass is 10.6. The standard InChI is InChI=1S/C7H11NO3S/c1-2-7-12(9,10)11-8-5-3-4-6-8/h3-6H,2,7H2,1H3. The van der Waals surface area contributed by atoms with Crippen molar-refractivity contribution >= 4 is 10.1 Å². The van der Waals surface area contributed by atoms with Gasteiger partial charge >= 0.3 is 10.1 Å². The maximum Gasteiger partial charge on any atom is 0.327 e. The molecule has 0 amide bonds. The topological polar surface area (TPSA) is 48.3 Å².